The fourth-order valence-corrected chi connectivity index (χ4v) is 3.67. The van der Waals surface area contributed by atoms with E-state index in [-0.39, 0.29) is 17.2 Å². The maximum Gasteiger partial charge on any atom is 0.185 e. The molecule has 0 bridgehead atoms. The zero-order valence-corrected chi connectivity index (χ0v) is 10.0. The molecule has 6 heteroatoms. The first-order valence-electron chi connectivity index (χ1n) is 5.38. The van der Waals surface area contributed by atoms with E-state index in [1.54, 1.807) is 0 Å². The van der Waals surface area contributed by atoms with E-state index >= 15 is 0 Å². The third kappa shape index (κ3) is 2.42. The number of hydrogen-bond donors (Lipinski definition) is 1. The van der Waals surface area contributed by atoms with Gasteiger partial charge in [0.15, 0.2) is 9.84 Å². The zero-order chi connectivity index (χ0) is 12.5. The summed E-state index contributed by atoms with van der Waals surface area (Å²) < 4.78 is 42.7. The number of benzene rings is 1. The molecule has 1 fully saturated rings. The minimum absolute atomic E-state index is 0.0805. The monoisotopic (exact) mass is 259 g/mol. The molecule has 1 aliphatic heterocycles. The van der Waals surface area contributed by atoms with E-state index in [0.717, 1.165) is 12.1 Å². The van der Waals surface area contributed by atoms with E-state index < -0.39 is 20.9 Å². The quantitative estimate of drug-likeness (QED) is 0.814. The van der Waals surface area contributed by atoms with Gasteiger partial charge >= 0.3 is 0 Å². The van der Waals surface area contributed by atoms with E-state index in [1.165, 1.54) is 6.07 Å². The van der Waals surface area contributed by atoms with Crippen LogP contribution in [0.5, 0.6) is 0 Å². The molecule has 1 aliphatic rings. The molecule has 94 valence electrons. The van der Waals surface area contributed by atoms with E-state index in [1.807, 2.05) is 0 Å². The highest BCUT2D eigenvalue weighted by Crippen LogP contribution is 2.27. The van der Waals surface area contributed by atoms with Gasteiger partial charge in [0.25, 0.3) is 0 Å². The lowest BCUT2D eigenvalue weighted by molar-refractivity contribution is 0.0991. The Labute approximate surface area is 99.5 Å². The molecular weight excluding hydrogens is 245 g/mol. The molecule has 1 saturated heterocycles. The molecule has 1 heterocycles. The number of nitrogens with two attached hydrogens (primary N) is 1. The molecule has 0 radical (unpaired) electrons. The van der Waals surface area contributed by atoms with Gasteiger partial charge in [-0.25, -0.2) is 12.8 Å². The van der Waals surface area contributed by atoms with Crippen molar-refractivity contribution in [3.05, 3.63) is 24.0 Å². The van der Waals surface area contributed by atoms with Crippen LogP contribution in [0, 0.1) is 5.82 Å². The number of anilines is 1. The van der Waals surface area contributed by atoms with Crippen LogP contribution in [0.3, 0.4) is 0 Å². The van der Waals surface area contributed by atoms with Crippen molar-refractivity contribution in [3.63, 3.8) is 0 Å². The maximum atomic E-state index is 13.1. The van der Waals surface area contributed by atoms with Crippen molar-refractivity contribution in [1.82, 2.24) is 0 Å². The third-order valence-corrected chi connectivity index (χ3v) is 5.06. The number of ether oxygens (including phenoxy) is 1. The highest BCUT2D eigenvalue weighted by Gasteiger charge is 2.31. The molecule has 17 heavy (non-hydrogen) atoms. The van der Waals surface area contributed by atoms with Gasteiger partial charge in [0, 0.05) is 6.61 Å². The molecule has 2 rings (SSSR count). The summed E-state index contributed by atoms with van der Waals surface area (Å²) in [5.41, 5.74) is 5.68. The first-order chi connectivity index (χ1) is 8.01. The van der Waals surface area contributed by atoms with Crippen LogP contribution in [-0.4, -0.2) is 26.9 Å². The summed E-state index contributed by atoms with van der Waals surface area (Å²) in [6.45, 7) is 0.725. The molecule has 0 aromatic heterocycles. The fourth-order valence-electron chi connectivity index (χ4n) is 1.89. The highest BCUT2D eigenvalue weighted by molar-refractivity contribution is 7.92. The normalized spacial score (nSPS) is 21.4. The molecule has 0 aliphatic carbocycles. The van der Waals surface area contributed by atoms with Gasteiger partial charge in [0.2, 0.25) is 0 Å². The van der Waals surface area contributed by atoms with E-state index in [0.29, 0.717) is 19.4 Å². The van der Waals surface area contributed by atoms with Crippen LogP contribution in [0.25, 0.3) is 0 Å². The van der Waals surface area contributed by atoms with Crippen molar-refractivity contribution in [2.45, 2.75) is 23.0 Å². The first-order valence-corrected chi connectivity index (χ1v) is 6.93. The fraction of sp³-hybridized carbons (Fsp3) is 0.455. The molecular formula is C11H14FNO3S. The SMILES string of the molecule is Nc1ccc(F)cc1S(=O)(=O)C1CCCOC1. The zero-order valence-electron chi connectivity index (χ0n) is 9.23. The summed E-state index contributed by atoms with van der Waals surface area (Å²) >= 11 is 0. The molecule has 1 unspecified atom stereocenters. The van der Waals surface area contributed by atoms with Gasteiger partial charge < -0.3 is 10.5 Å². The standard InChI is InChI=1S/C11H14FNO3S/c12-8-3-4-10(13)11(6-8)17(14,15)9-2-1-5-16-7-9/h3-4,6,9H,1-2,5,7,13H2. The van der Waals surface area contributed by atoms with Crippen molar-refractivity contribution in [1.29, 1.82) is 0 Å². The Morgan fingerprint density at radius 3 is 2.82 bits per heavy atom. The Bertz CT molecular complexity index is 509. The van der Waals surface area contributed by atoms with Crippen LogP contribution >= 0.6 is 0 Å². The van der Waals surface area contributed by atoms with Crippen molar-refractivity contribution in [3.8, 4) is 0 Å². The third-order valence-electron chi connectivity index (χ3n) is 2.84. The van der Waals surface area contributed by atoms with E-state index in [2.05, 4.69) is 0 Å². The Kier molecular flexibility index (Phi) is 3.35. The number of nitrogen functional groups attached to an aromatic ring is 1. The lowest BCUT2D eigenvalue weighted by Gasteiger charge is -2.22. The van der Waals surface area contributed by atoms with Gasteiger partial charge in [-0.2, -0.15) is 0 Å². The molecule has 2 N–H and O–H groups in total. The molecule has 0 spiro atoms. The maximum absolute atomic E-state index is 13.1. The molecule has 0 amide bonds. The highest BCUT2D eigenvalue weighted by atomic mass is 32.2. The first kappa shape index (κ1) is 12.3. The van der Waals surface area contributed by atoms with Crippen LogP contribution in [0.2, 0.25) is 0 Å². The summed E-state index contributed by atoms with van der Waals surface area (Å²) in [7, 11) is -3.61. The Morgan fingerprint density at radius 1 is 1.41 bits per heavy atom. The minimum atomic E-state index is -3.61. The Balaban J connectivity index is 2.40. The van der Waals surface area contributed by atoms with Gasteiger partial charge in [-0.15, -0.1) is 0 Å². The number of hydrogen-bond acceptors (Lipinski definition) is 4. The minimum Gasteiger partial charge on any atom is -0.398 e. The predicted molar refractivity (Wildman–Crippen MR) is 61.8 cm³/mol. The van der Waals surface area contributed by atoms with Gasteiger partial charge in [-0.1, -0.05) is 0 Å². The largest absolute Gasteiger partial charge is 0.398 e. The van der Waals surface area contributed by atoms with Crippen LogP contribution < -0.4 is 5.73 Å². The van der Waals surface area contributed by atoms with Gasteiger partial charge in [-0.05, 0) is 31.0 Å². The van der Waals surface area contributed by atoms with E-state index in [4.69, 9.17) is 10.5 Å². The van der Waals surface area contributed by atoms with Crippen molar-refractivity contribution >= 4 is 15.5 Å². The van der Waals surface area contributed by atoms with Crippen LogP contribution in [-0.2, 0) is 14.6 Å². The smallest absolute Gasteiger partial charge is 0.185 e. The molecule has 1 atom stereocenters. The lowest BCUT2D eigenvalue weighted by atomic mass is 10.2. The molecule has 0 saturated carbocycles. The summed E-state index contributed by atoms with van der Waals surface area (Å²) in [5.74, 6) is -0.602. The predicted octanol–water partition coefficient (Wildman–Crippen LogP) is 1.36. The topological polar surface area (TPSA) is 69.4 Å². The number of rotatable bonds is 2. The number of halogens is 1. The average Bonchev–Trinajstić information content (AvgIpc) is 2.33. The summed E-state index contributed by atoms with van der Waals surface area (Å²) in [6.07, 6.45) is 1.22. The second-order valence-corrected chi connectivity index (χ2v) is 6.26. The Morgan fingerprint density at radius 2 is 2.18 bits per heavy atom. The van der Waals surface area contributed by atoms with Gasteiger partial charge in [0.1, 0.15) is 5.82 Å². The van der Waals surface area contributed by atoms with Crippen molar-refractivity contribution < 1.29 is 17.5 Å². The lowest BCUT2D eigenvalue weighted by Crippen LogP contribution is -2.31. The van der Waals surface area contributed by atoms with Gasteiger partial charge in [0.05, 0.1) is 22.4 Å². The van der Waals surface area contributed by atoms with Crippen molar-refractivity contribution in [2.75, 3.05) is 18.9 Å². The summed E-state index contributed by atoms with van der Waals surface area (Å²) in [6, 6.07) is 3.39. The summed E-state index contributed by atoms with van der Waals surface area (Å²) in [5, 5.41) is -0.625. The van der Waals surface area contributed by atoms with Crippen molar-refractivity contribution in [2.24, 2.45) is 0 Å². The molecule has 1 aromatic carbocycles. The summed E-state index contributed by atoms with van der Waals surface area (Å²) in [4.78, 5) is -0.131. The van der Waals surface area contributed by atoms with Crippen LogP contribution in [0.15, 0.2) is 23.1 Å². The van der Waals surface area contributed by atoms with Crippen LogP contribution in [0.1, 0.15) is 12.8 Å². The molecule has 1 aromatic rings. The Hall–Kier alpha value is -1.14. The van der Waals surface area contributed by atoms with E-state index in [9.17, 15) is 12.8 Å². The second kappa shape index (κ2) is 4.62. The number of sulfone groups is 1. The van der Waals surface area contributed by atoms with Gasteiger partial charge in [-0.3, -0.25) is 0 Å². The van der Waals surface area contributed by atoms with Crippen LogP contribution in [0.4, 0.5) is 10.1 Å². The molecule has 4 nitrogen and oxygen atoms in total. The average molecular weight is 259 g/mol. The second-order valence-electron chi connectivity index (χ2n) is 4.07.